The minimum atomic E-state index is -1.23. The summed E-state index contributed by atoms with van der Waals surface area (Å²) in [6.45, 7) is -0.0353. The first kappa shape index (κ1) is 12.7. The number of halogens is 1. The molecule has 1 fully saturated rings. The summed E-state index contributed by atoms with van der Waals surface area (Å²) in [6, 6.07) is 3.49. The van der Waals surface area contributed by atoms with Crippen molar-refractivity contribution in [1.29, 1.82) is 0 Å². The first-order valence-corrected chi connectivity index (χ1v) is 5.91. The number of aliphatic hydroxyl groups excluding tert-OH is 3. The highest BCUT2D eigenvalue weighted by Crippen LogP contribution is 2.18. The SMILES string of the molecule is O[C@@H]1[C@H](O)[C@H](O)CO[C@H]1Nc1ccc(Br)cn1. The number of hydrogen-bond donors (Lipinski definition) is 4. The van der Waals surface area contributed by atoms with Crippen molar-refractivity contribution in [2.45, 2.75) is 24.5 Å². The first-order valence-electron chi connectivity index (χ1n) is 5.12. The Kier molecular flexibility index (Phi) is 3.95. The van der Waals surface area contributed by atoms with Crippen LogP contribution in [0.25, 0.3) is 0 Å². The molecule has 0 amide bonds. The van der Waals surface area contributed by atoms with E-state index in [1.54, 1.807) is 18.3 Å². The van der Waals surface area contributed by atoms with E-state index in [0.29, 0.717) is 5.82 Å². The highest BCUT2D eigenvalue weighted by molar-refractivity contribution is 9.10. The number of nitrogens with zero attached hydrogens (tertiary/aromatic N) is 1. The molecule has 0 aliphatic carbocycles. The van der Waals surface area contributed by atoms with Gasteiger partial charge >= 0.3 is 0 Å². The fraction of sp³-hybridized carbons (Fsp3) is 0.500. The van der Waals surface area contributed by atoms with E-state index in [-0.39, 0.29) is 6.61 Å². The number of nitrogens with one attached hydrogen (secondary N) is 1. The van der Waals surface area contributed by atoms with Gasteiger partial charge in [-0.1, -0.05) is 0 Å². The molecule has 2 rings (SSSR count). The van der Waals surface area contributed by atoms with Crippen molar-refractivity contribution in [3.8, 4) is 0 Å². The first-order chi connectivity index (χ1) is 8.08. The van der Waals surface area contributed by atoms with Crippen LogP contribution < -0.4 is 5.32 Å². The summed E-state index contributed by atoms with van der Waals surface area (Å²) in [6.07, 6.45) is -2.69. The zero-order valence-corrected chi connectivity index (χ0v) is 10.4. The maximum absolute atomic E-state index is 9.69. The molecule has 1 aliphatic heterocycles. The normalized spacial score (nSPS) is 33.4. The lowest BCUT2D eigenvalue weighted by molar-refractivity contribution is -0.178. The quantitative estimate of drug-likeness (QED) is 0.599. The molecule has 4 N–H and O–H groups in total. The summed E-state index contributed by atoms with van der Waals surface area (Å²) in [5.74, 6) is 0.515. The minimum absolute atomic E-state index is 0.0353. The van der Waals surface area contributed by atoms with E-state index < -0.39 is 24.5 Å². The number of ether oxygens (including phenoxy) is 1. The lowest BCUT2D eigenvalue weighted by Crippen LogP contribution is -2.55. The van der Waals surface area contributed by atoms with Gasteiger partial charge in [0, 0.05) is 10.7 Å². The van der Waals surface area contributed by atoms with E-state index in [9.17, 15) is 15.3 Å². The van der Waals surface area contributed by atoms with Crippen LogP contribution >= 0.6 is 15.9 Å². The van der Waals surface area contributed by atoms with Crippen LogP contribution in [0.5, 0.6) is 0 Å². The molecular weight excluding hydrogens is 292 g/mol. The standard InChI is InChI=1S/C10H13BrN2O4/c11-5-1-2-7(12-3-5)13-10-9(16)8(15)6(14)4-17-10/h1-3,6,8-10,14-16H,4H2,(H,12,13)/t6-,8-,9-,10-/m1/s1. The van der Waals surface area contributed by atoms with Crippen molar-refractivity contribution >= 4 is 21.7 Å². The second-order valence-electron chi connectivity index (χ2n) is 3.81. The van der Waals surface area contributed by atoms with Crippen molar-refractivity contribution < 1.29 is 20.1 Å². The van der Waals surface area contributed by atoms with E-state index >= 15 is 0 Å². The Bertz CT molecular complexity index is 375. The molecule has 1 aromatic rings. The Labute approximate surface area is 106 Å². The van der Waals surface area contributed by atoms with E-state index in [4.69, 9.17) is 4.74 Å². The van der Waals surface area contributed by atoms with Crippen LogP contribution in [-0.4, -0.2) is 51.5 Å². The zero-order chi connectivity index (χ0) is 12.4. The number of aliphatic hydroxyl groups is 3. The van der Waals surface area contributed by atoms with Gasteiger partial charge in [0.15, 0.2) is 6.23 Å². The van der Waals surface area contributed by atoms with Crippen molar-refractivity contribution in [1.82, 2.24) is 4.98 Å². The van der Waals surface area contributed by atoms with E-state index in [1.807, 2.05) is 0 Å². The molecule has 0 aromatic carbocycles. The van der Waals surface area contributed by atoms with Crippen molar-refractivity contribution in [3.05, 3.63) is 22.8 Å². The summed E-state index contributed by atoms with van der Waals surface area (Å²) >= 11 is 3.26. The molecule has 94 valence electrons. The van der Waals surface area contributed by atoms with Gasteiger partial charge in [-0.25, -0.2) is 4.98 Å². The molecule has 1 aromatic heterocycles. The maximum atomic E-state index is 9.69. The highest BCUT2D eigenvalue weighted by Gasteiger charge is 2.37. The Morgan fingerprint density at radius 3 is 2.71 bits per heavy atom. The predicted octanol–water partition coefficient (Wildman–Crippen LogP) is -0.305. The number of pyridine rings is 1. The molecule has 4 atom stereocenters. The molecule has 0 unspecified atom stereocenters. The summed E-state index contributed by atoms with van der Waals surface area (Å²) in [7, 11) is 0. The summed E-state index contributed by atoms with van der Waals surface area (Å²) in [4.78, 5) is 4.06. The number of hydrogen-bond acceptors (Lipinski definition) is 6. The van der Waals surface area contributed by atoms with Gasteiger partial charge in [-0.2, -0.15) is 0 Å². The summed E-state index contributed by atoms with van der Waals surface area (Å²) in [5.41, 5.74) is 0. The molecule has 0 bridgehead atoms. The van der Waals surface area contributed by atoms with Crippen LogP contribution in [-0.2, 0) is 4.74 Å². The van der Waals surface area contributed by atoms with Gasteiger partial charge in [-0.15, -0.1) is 0 Å². The van der Waals surface area contributed by atoms with Gasteiger partial charge in [-0.3, -0.25) is 0 Å². The molecule has 0 spiro atoms. The van der Waals surface area contributed by atoms with E-state index in [0.717, 1.165) is 4.47 Å². The van der Waals surface area contributed by atoms with Crippen molar-refractivity contribution in [2.75, 3.05) is 11.9 Å². The molecule has 1 aliphatic rings. The fourth-order valence-electron chi connectivity index (χ4n) is 1.54. The summed E-state index contributed by atoms with van der Waals surface area (Å²) in [5, 5.41) is 31.3. The molecular formula is C10H13BrN2O4. The Balaban J connectivity index is 2.01. The van der Waals surface area contributed by atoms with E-state index in [1.165, 1.54) is 0 Å². The van der Waals surface area contributed by atoms with Gasteiger partial charge < -0.3 is 25.4 Å². The van der Waals surface area contributed by atoms with Gasteiger partial charge in [0.2, 0.25) is 0 Å². The Morgan fingerprint density at radius 2 is 2.06 bits per heavy atom. The Hall–Kier alpha value is -0.730. The molecule has 6 nitrogen and oxygen atoms in total. The van der Waals surface area contributed by atoms with Crippen LogP contribution in [0.15, 0.2) is 22.8 Å². The smallest absolute Gasteiger partial charge is 0.157 e. The highest BCUT2D eigenvalue weighted by atomic mass is 79.9. The predicted molar refractivity (Wildman–Crippen MR) is 63.3 cm³/mol. The topological polar surface area (TPSA) is 94.8 Å². The third-order valence-electron chi connectivity index (χ3n) is 2.52. The molecule has 0 saturated carbocycles. The lowest BCUT2D eigenvalue weighted by atomic mass is 10.0. The third kappa shape index (κ3) is 2.93. The zero-order valence-electron chi connectivity index (χ0n) is 8.82. The van der Waals surface area contributed by atoms with Crippen molar-refractivity contribution in [2.24, 2.45) is 0 Å². The maximum Gasteiger partial charge on any atom is 0.157 e. The van der Waals surface area contributed by atoms with Gasteiger partial charge in [0.1, 0.15) is 24.1 Å². The molecule has 1 saturated heterocycles. The number of aromatic nitrogens is 1. The monoisotopic (exact) mass is 304 g/mol. The van der Waals surface area contributed by atoms with Crippen LogP contribution in [0.1, 0.15) is 0 Å². The van der Waals surface area contributed by atoms with Crippen LogP contribution in [0.2, 0.25) is 0 Å². The molecule has 17 heavy (non-hydrogen) atoms. The molecule has 2 heterocycles. The molecule has 7 heteroatoms. The average Bonchev–Trinajstić information content (AvgIpc) is 2.33. The number of anilines is 1. The summed E-state index contributed by atoms with van der Waals surface area (Å²) < 4.78 is 6.02. The van der Waals surface area contributed by atoms with Gasteiger partial charge in [0.25, 0.3) is 0 Å². The van der Waals surface area contributed by atoms with E-state index in [2.05, 4.69) is 26.2 Å². The Morgan fingerprint density at radius 1 is 1.29 bits per heavy atom. The molecule has 0 radical (unpaired) electrons. The minimum Gasteiger partial charge on any atom is -0.388 e. The van der Waals surface area contributed by atoms with Crippen molar-refractivity contribution in [3.63, 3.8) is 0 Å². The largest absolute Gasteiger partial charge is 0.388 e. The average molecular weight is 305 g/mol. The van der Waals surface area contributed by atoms with Crippen LogP contribution in [0, 0.1) is 0 Å². The fourth-order valence-corrected chi connectivity index (χ4v) is 1.77. The van der Waals surface area contributed by atoms with Gasteiger partial charge in [0.05, 0.1) is 6.61 Å². The number of rotatable bonds is 2. The third-order valence-corrected chi connectivity index (χ3v) is 2.99. The second kappa shape index (κ2) is 5.28. The van der Waals surface area contributed by atoms with Crippen LogP contribution in [0.4, 0.5) is 5.82 Å². The second-order valence-corrected chi connectivity index (χ2v) is 4.72. The van der Waals surface area contributed by atoms with Gasteiger partial charge in [-0.05, 0) is 28.1 Å². The lowest BCUT2D eigenvalue weighted by Gasteiger charge is -2.35. The van der Waals surface area contributed by atoms with Crippen LogP contribution in [0.3, 0.4) is 0 Å².